The minimum Gasteiger partial charge on any atom is -0.459 e. The molecule has 2 aromatic carbocycles. The Morgan fingerprint density at radius 2 is 1.76 bits per heavy atom. The molecule has 0 bridgehead atoms. The number of hydrogen-bond donors (Lipinski definition) is 1. The highest BCUT2D eigenvalue weighted by Crippen LogP contribution is 2.25. The Kier molecular flexibility index (Phi) is 4.86. The van der Waals surface area contributed by atoms with Crippen LogP contribution in [0.1, 0.15) is 37.1 Å². The van der Waals surface area contributed by atoms with Crippen LogP contribution < -0.4 is 5.32 Å². The summed E-state index contributed by atoms with van der Waals surface area (Å²) in [6.45, 7) is 5.57. The summed E-state index contributed by atoms with van der Waals surface area (Å²) in [6, 6.07) is 22.0. The summed E-state index contributed by atoms with van der Waals surface area (Å²) in [5.74, 6) is 1.04. The van der Waals surface area contributed by atoms with Gasteiger partial charge >= 0.3 is 0 Å². The molecule has 0 radical (unpaired) electrons. The summed E-state index contributed by atoms with van der Waals surface area (Å²) in [6.07, 6.45) is 2.38. The Hall–Kier alpha value is -2.10. The fourth-order valence-electron chi connectivity index (χ4n) is 3.75. The van der Waals surface area contributed by atoms with Crippen molar-refractivity contribution in [3.63, 3.8) is 0 Å². The largest absolute Gasteiger partial charge is 0.459 e. The van der Waals surface area contributed by atoms with Gasteiger partial charge < -0.3 is 9.73 Å². The number of nitrogens with zero attached hydrogens (tertiary/aromatic N) is 1. The molecule has 1 aliphatic rings. The minimum absolute atomic E-state index is 0.248. The third-order valence-corrected chi connectivity index (χ3v) is 5.19. The number of benzene rings is 2. The summed E-state index contributed by atoms with van der Waals surface area (Å²) in [5.41, 5.74) is 2.38. The van der Waals surface area contributed by atoms with E-state index in [2.05, 4.69) is 65.7 Å². The summed E-state index contributed by atoms with van der Waals surface area (Å²) in [5, 5.41) is 4.94. The van der Waals surface area contributed by atoms with E-state index >= 15 is 0 Å². The zero-order chi connectivity index (χ0) is 17.1. The smallest absolute Gasteiger partial charge is 0.134 e. The molecule has 1 atom stereocenters. The second-order valence-corrected chi connectivity index (χ2v) is 7.11. The highest BCUT2D eigenvalue weighted by molar-refractivity contribution is 5.77. The van der Waals surface area contributed by atoms with E-state index in [1.54, 1.807) is 0 Å². The zero-order valence-electron chi connectivity index (χ0n) is 14.8. The van der Waals surface area contributed by atoms with Crippen molar-refractivity contribution in [2.45, 2.75) is 38.4 Å². The monoisotopic (exact) mass is 334 g/mol. The molecule has 25 heavy (non-hydrogen) atoms. The number of likely N-dealkylation sites (tertiary alicyclic amines) is 1. The Balaban J connectivity index is 1.30. The SMILES string of the molecule is C[C@@H](NC1CCN(Cc2ccccc2)CC1)c1cc2ccccc2o1. The lowest BCUT2D eigenvalue weighted by Gasteiger charge is -2.33. The molecule has 0 spiro atoms. The lowest BCUT2D eigenvalue weighted by Crippen LogP contribution is -2.42. The maximum atomic E-state index is 6.00. The molecule has 3 aromatic rings. The fourth-order valence-corrected chi connectivity index (χ4v) is 3.75. The van der Waals surface area contributed by atoms with E-state index < -0.39 is 0 Å². The molecular formula is C22H26N2O. The van der Waals surface area contributed by atoms with Crippen molar-refractivity contribution in [3.05, 3.63) is 72.0 Å². The Bertz CT molecular complexity index is 770. The quantitative estimate of drug-likeness (QED) is 0.730. The molecule has 1 saturated heterocycles. The topological polar surface area (TPSA) is 28.4 Å². The first-order valence-corrected chi connectivity index (χ1v) is 9.29. The predicted molar refractivity (Wildman–Crippen MR) is 103 cm³/mol. The van der Waals surface area contributed by atoms with Crippen molar-refractivity contribution in [1.29, 1.82) is 0 Å². The molecule has 1 aromatic heterocycles. The average molecular weight is 334 g/mol. The molecule has 3 heteroatoms. The van der Waals surface area contributed by atoms with E-state index in [1.807, 2.05) is 12.1 Å². The molecule has 0 aliphatic carbocycles. The Morgan fingerprint density at radius 3 is 2.52 bits per heavy atom. The maximum Gasteiger partial charge on any atom is 0.134 e. The first-order valence-electron chi connectivity index (χ1n) is 9.29. The van der Waals surface area contributed by atoms with Crippen LogP contribution >= 0.6 is 0 Å². The van der Waals surface area contributed by atoms with Gasteiger partial charge in [0.2, 0.25) is 0 Å². The van der Waals surface area contributed by atoms with Crippen LogP contribution in [0.2, 0.25) is 0 Å². The van der Waals surface area contributed by atoms with Gasteiger partial charge in [-0.2, -0.15) is 0 Å². The normalized spacial score (nSPS) is 17.8. The van der Waals surface area contributed by atoms with Crippen LogP contribution in [0.15, 0.2) is 65.1 Å². The molecule has 3 nitrogen and oxygen atoms in total. The average Bonchev–Trinajstić information content (AvgIpc) is 3.09. The lowest BCUT2D eigenvalue weighted by molar-refractivity contribution is 0.183. The van der Waals surface area contributed by atoms with Crippen LogP contribution in [-0.4, -0.2) is 24.0 Å². The highest BCUT2D eigenvalue weighted by atomic mass is 16.3. The van der Waals surface area contributed by atoms with Crippen molar-refractivity contribution in [3.8, 4) is 0 Å². The van der Waals surface area contributed by atoms with Crippen molar-refractivity contribution >= 4 is 11.0 Å². The number of fused-ring (bicyclic) bond motifs is 1. The van der Waals surface area contributed by atoms with Gasteiger partial charge in [-0.05, 0) is 50.6 Å². The summed E-state index contributed by atoms with van der Waals surface area (Å²) in [4.78, 5) is 2.55. The van der Waals surface area contributed by atoms with Gasteiger partial charge in [0.15, 0.2) is 0 Å². The number of para-hydroxylation sites is 1. The van der Waals surface area contributed by atoms with Crippen LogP contribution in [0.5, 0.6) is 0 Å². The number of nitrogens with one attached hydrogen (secondary N) is 1. The first-order chi connectivity index (χ1) is 12.3. The molecule has 1 N–H and O–H groups in total. The lowest BCUT2D eigenvalue weighted by atomic mass is 10.0. The summed E-state index contributed by atoms with van der Waals surface area (Å²) < 4.78 is 6.00. The molecule has 4 rings (SSSR count). The molecule has 0 unspecified atom stereocenters. The van der Waals surface area contributed by atoms with Gasteiger partial charge in [0.1, 0.15) is 11.3 Å². The third kappa shape index (κ3) is 3.94. The standard InChI is InChI=1S/C22H26N2O/c1-17(22-15-19-9-5-6-10-21(19)25-22)23-20-11-13-24(14-12-20)16-18-7-3-2-4-8-18/h2-10,15,17,20,23H,11-14,16H2,1H3/t17-/m1/s1. The van der Waals surface area contributed by atoms with E-state index in [9.17, 15) is 0 Å². The van der Waals surface area contributed by atoms with Gasteiger partial charge in [0.25, 0.3) is 0 Å². The van der Waals surface area contributed by atoms with Crippen molar-refractivity contribution in [1.82, 2.24) is 10.2 Å². The third-order valence-electron chi connectivity index (χ3n) is 5.19. The van der Waals surface area contributed by atoms with Crippen LogP contribution in [0.25, 0.3) is 11.0 Å². The second kappa shape index (κ2) is 7.42. The Morgan fingerprint density at radius 1 is 1.04 bits per heavy atom. The number of furan rings is 1. The molecule has 0 saturated carbocycles. The van der Waals surface area contributed by atoms with Crippen LogP contribution in [0.3, 0.4) is 0 Å². The van der Waals surface area contributed by atoms with Crippen molar-refractivity contribution in [2.75, 3.05) is 13.1 Å². The van der Waals surface area contributed by atoms with Gasteiger partial charge in [-0.1, -0.05) is 48.5 Å². The van der Waals surface area contributed by atoms with Crippen molar-refractivity contribution < 1.29 is 4.42 Å². The van der Waals surface area contributed by atoms with E-state index in [4.69, 9.17) is 4.42 Å². The molecule has 130 valence electrons. The summed E-state index contributed by atoms with van der Waals surface area (Å²) in [7, 11) is 0. The van der Waals surface area contributed by atoms with Gasteiger partial charge in [-0.25, -0.2) is 0 Å². The van der Waals surface area contributed by atoms with Gasteiger partial charge in [0, 0.05) is 18.0 Å². The molecule has 0 amide bonds. The molecule has 1 fully saturated rings. The van der Waals surface area contributed by atoms with E-state index in [-0.39, 0.29) is 6.04 Å². The molecule has 1 aliphatic heterocycles. The number of piperidine rings is 1. The summed E-state index contributed by atoms with van der Waals surface area (Å²) >= 11 is 0. The highest BCUT2D eigenvalue weighted by Gasteiger charge is 2.22. The molecule has 2 heterocycles. The maximum absolute atomic E-state index is 6.00. The van der Waals surface area contributed by atoms with Gasteiger partial charge in [-0.15, -0.1) is 0 Å². The second-order valence-electron chi connectivity index (χ2n) is 7.11. The van der Waals surface area contributed by atoms with Crippen molar-refractivity contribution in [2.24, 2.45) is 0 Å². The number of rotatable bonds is 5. The van der Waals surface area contributed by atoms with Crippen LogP contribution in [0, 0.1) is 0 Å². The zero-order valence-corrected chi connectivity index (χ0v) is 14.8. The van der Waals surface area contributed by atoms with Gasteiger partial charge in [-0.3, -0.25) is 4.90 Å². The van der Waals surface area contributed by atoms with Crippen LogP contribution in [0.4, 0.5) is 0 Å². The van der Waals surface area contributed by atoms with E-state index in [1.165, 1.54) is 23.8 Å². The van der Waals surface area contributed by atoms with E-state index in [0.29, 0.717) is 6.04 Å². The van der Waals surface area contributed by atoms with Crippen LogP contribution in [-0.2, 0) is 6.54 Å². The predicted octanol–water partition coefficient (Wildman–Crippen LogP) is 4.75. The first kappa shape index (κ1) is 16.4. The van der Waals surface area contributed by atoms with Gasteiger partial charge in [0.05, 0.1) is 6.04 Å². The van der Waals surface area contributed by atoms with E-state index in [0.717, 1.165) is 31.0 Å². The molecular weight excluding hydrogens is 308 g/mol. The number of hydrogen-bond acceptors (Lipinski definition) is 3. The Labute approximate surface area is 149 Å². The fraction of sp³-hybridized carbons (Fsp3) is 0.364. The minimum atomic E-state index is 0.248.